The fourth-order valence-electron chi connectivity index (χ4n) is 2.12. The van der Waals surface area contributed by atoms with E-state index in [0.717, 1.165) is 6.07 Å². The zero-order valence-corrected chi connectivity index (χ0v) is 15.5. The van der Waals surface area contributed by atoms with Crippen LogP contribution in [0, 0.1) is 0 Å². The molecule has 0 saturated heterocycles. The number of alkyl halides is 3. The first-order valence-electron chi connectivity index (χ1n) is 7.36. The van der Waals surface area contributed by atoms with Gasteiger partial charge in [0, 0.05) is 34.0 Å². The molecule has 5 nitrogen and oxygen atoms in total. The third-order valence-corrected chi connectivity index (χ3v) is 4.05. The number of benzene rings is 2. The average Bonchev–Trinajstić information content (AvgIpc) is 2.59. The van der Waals surface area contributed by atoms with E-state index in [1.54, 1.807) is 18.2 Å². The Labute approximate surface area is 156 Å². The minimum Gasteiger partial charge on any atom is -0.497 e. The Morgan fingerprint density at radius 2 is 1.65 bits per heavy atom. The average molecular weight is 433 g/mol. The molecule has 2 aromatic rings. The zero-order chi connectivity index (χ0) is 19.3. The molecular weight excluding hydrogens is 417 g/mol. The van der Waals surface area contributed by atoms with Crippen molar-refractivity contribution in [1.29, 1.82) is 0 Å². The Hall–Kier alpha value is -2.42. The van der Waals surface area contributed by atoms with Gasteiger partial charge in [-0.1, -0.05) is 15.9 Å². The molecular formula is C17H16BrF3N2O3. The largest absolute Gasteiger partial charge is 0.497 e. The number of nitrogens with one attached hydrogen (secondary N) is 2. The topological polar surface area (TPSA) is 59.6 Å². The Kier molecular flexibility index (Phi) is 6.36. The molecule has 1 amide bonds. The van der Waals surface area contributed by atoms with Gasteiger partial charge in [-0.2, -0.15) is 13.2 Å². The van der Waals surface area contributed by atoms with Gasteiger partial charge >= 0.3 is 6.18 Å². The van der Waals surface area contributed by atoms with Crippen molar-refractivity contribution in [3.05, 3.63) is 46.4 Å². The van der Waals surface area contributed by atoms with Crippen LogP contribution < -0.4 is 20.1 Å². The normalized spacial score (nSPS) is 11.0. The van der Waals surface area contributed by atoms with Crippen molar-refractivity contribution >= 4 is 33.2 Å². The van der Waals surface area contributed by atoms with Gasteiger partial charge in [0.2, 0.25) is 5.91 Å². The quantitative estimate of drug-likeness (QED) is 0.703. The molecule has 2 N–H and O–H groups in total. The van der Waals surface area contributed by atoms with Gasteiger partial charge in [0.15, 0.2) is 0 Å². The standard InChI is InChI=1S/C17H16BrF3N2O3/c1-25-12-5-11(6-13(8-12)26-2)23-16(24)9-22-10-3-4-15(18)14(7-10)17(19,20)21/h3-8,22H,9H2,1-2H3,(H,23,24). The summed E-state index contributed by atoms with van der Waals surface area (Å²) in [5, 5.41) is 5.29. The van der Waals surface area contributed by atoms with Crippen LogP contribution in [-0.4, -0.2) is 26.7 Å². The van der Waals surface area contributed by atoms with E-state index in [0.29, 0.717) is 17.2 Å². The first-order chi connectivity index (χ1) is 12.2. The van der Waals surface area contributed by atoms with E-state index < -0.39 is 17.6 Å². The van der Waals surface area contributed by atoms with E-state index in [2.05, 4.69) is 26.6 Å². The fraction of sp³-hybridized carbons (Fsp3) is 0.235. The highest BCUT2D eigenvalue weighted by atomic mass is 79.9. The Bertz CT molecular complexity index is 775. The third-order valence-electron chi connectivity index (χ3n) is 3.36. The first kappa shape index (κ1) is 19.9. The van der Waals surface area contributed by atoms with E-state index in [1.807, 2.05) is 0 Å². The summed E-state index contributed by atoms with van der Waals surface area (Å²) in [6.07, 6.45) is -4.49. The number of ether oxygens (including phenoxy) is 2. The highest BCUT2D eigenvalue weighted by Gasteiger charge is 2.33. The van der Waals surface area contributed by atoms with Gasteiger partial charge < -0.3 is 20.1 Å². The summed E-state index contributed by atoms with van der Waals surface area (Å²) >= 11 is 2.87. The van der Waals surface area contributed by atoms with Crippen molar-refractivity contribution in [1.82, 2.24) is 0 Å². The van der Waals surface area contributed by atoms with Gasteiger partial charge in [-0.3, -0.25) is 4.79 Å². The molecule has 0 atom stereocenters. The monoisotopic (exact) mass is 432 g/mol. The summed E-state index contributed by atoms with van der Waals surface area (Å²) in [5.41, 5.74) is -0.195. The molecule has 26 heavy (non-hydrogen) atoms. The fourth-order valence-corrected chi connectivity index (χ4v) is 2.59. The number of anilines is 2. The predicted molar refractivity (Wildman–Crippen MR) is 95.8 cm³/mol. The number of hydrogen-bond acceptors (Lipinski definition) is 4. The maximum Gasteiger partial charge on any atom is 0.417 e. The lowest BCUT2D eigenvalue weighted by atomic mass is 10.2. The minimum absolute atomic E-state index is 0.0662. The summed E-state index contributed by atoms with van der Waals surface area (Å²) in [4.78, 5) is 12.0. The van der Waals surface area contributed by atoms with Crippen molar-refractivity contribution < 1.29 is 27.4 Å². The molecule has 0 heterocycles. The Morgan fingerprint density at radius 1 is 1.04 bits per heavy atom. The van der Waals surface area contributed by atoms with Crippen LogP contribution in [0.4, 0.5) is 24.5 Å². The lowest BCUT2D eigenvalue weighted by Crippen LogP contribution is -2.22. The highest BCUT2D eigenvalue weighted by molar-refractivity contribution is 9.10. The maximum absolute atomic E-state index is 12.9. The van der Waals surface area contributed by atoms with Crippen LogP contribution in [0.1, 0.15) is 5.56 Å². The van der Waals surface area contributed by atoms with Crippen LogP contribution >= 0.6 is 15.9 Å². The van der Waals surface area contributed by atoms with E-state index in [-0.39, 0.29) is 16.7 Å². The van der Waals surface area contributed by atoms with E-state index in [4.69, 9.17) is 9.47 Å². The predicted octanol–water partition coefficient (Wildman–Crippen LogP) is 4.54. The molecule has 0 unspecified atom stereocenters. The number of hydrogen-bond donors (Lipinski definition) is 2. The molecule has 140 valence electrons. The van der Waals surface area contributed by atoms with Crippen molar-refractivity contribution in [3.63, 3.8) is 0 Å². The summed E-state index contributed by atoms with van der Waals surface area (Å²) in [6, 6.07) is 8.50. The molecule has 0 aliphatic carbocycles. The minimum atomic E-state index is -4.49. The molecule has 0 aromatic heterocycles. The zero-order valence-electron chi connectivity index (χ0n) is 13.9. The smallest absolute Gasteiger partial charge is 0.417 e. The third kappa shape index (κ3) is 5.29. The molecule has 0 fully saturated rings. The molecule has 0 aliphatic rings. The summed E-state index contributed by atoms with van der Waals surface area (Å²) < 4.78 is 48.8. The molecule has 9 heteroatoms. The second-order valence-corrected chi connectivity index (χ2v) is 6.05. The first-order valence-corrected chi connectivity index (χ1v) is 8.15. The van der Waals surface area contributed by atoms with Gasteiger partial charge in [0.1, 0.15) is 11.5 Å². The number of carbonyl (C=O) groups is 1. The van der Waals surface area contributed by atoms with Crippen LogP contribution in [0.2, 0.25) is 0 Å². The van der Waals surface area contributed by atoms with E-state index in [1.165, 1.54) is 26.4 Å². The van der Waals surface area contributed by atoms with Gasteiger partial charge in [0.05, 0.1) is 26.3 Å². The van der Waals surface area contributed by atoms with Gasteiger partial charge in [-0.05, 0) is 18.2 Å². The Morgan fingerprint density at radius 3 is 2.19 bits per heavy atom. The second kappa shape index (κ2) is 8.31. The van der Waals surface area contributed by atoms with Crippen LogP contribution in [0.5, 0.6) is 11.5 Å². The van der Waals surface area contributed by atoms with Crippen molar-refractivity contribution in [2.24, 2.45) is 0 Å². The molecule has 2 rings (SSSR count). The molecule has 0 bridgehead atoms. The SMILES string of the molecule is COc1cc(NC(=O)CNc2ccc(Br)c(C(F)(F)F)c2)cc(OC)c1. The highest BCUT2D eigenvalue weighted by Crippen LogP contribution is 2.36. The van der Waals surface area contributed by atoms with Crippen LogP contribution in [0.25, 0.3) is 0 Å². The van der Waals surface area contributed by atoms with Gasteiger partial charge in [-0.25, -0.2) is 0 Å². The number of amides is 1. The maximum atomic E-state index is 12.9. The van der Waals surface area contributed by atoms with Gasteiger partial charge in [0.25, 0.3) is 0 Å². The number of methoxy groups -OCH3 is 2. The van der Waals surface area contributed by atoms with Crippen molar-refractivity contribution in [2.45, 2.75) is 6.18 Å². The van der Waals surface area contributed by atoms with Gasteiger partial charge in [-0.15, -0.1) is 0 Å². The Balaban J connectivity index is 2.03. The second-order valence-electron chi connectivity index (χ2n) is 5.20. The number of rotatable bonds is 6. The molecule has 0 spiro atoms. The molecule has 2 aromatic carbocycles. The van der Waals surface area contributed by atoms with E-state index >= 15 is 0 Å². The van der Waals surface area contributed by atoms with E-state index in [9.17, 15) is 18.0 Å². The van der Waals surface area contributed by atoms with Crippen LogP contribution in [0.3, 0.4) is 0 Å². The van der Waals surface area contributed by atoms with Crippen LogP contribution in [0.15, 0.2) is 40.9 Å². The molecule has 0 saturated carbocycles. The summed E-state index contributed by atoms with van der Waals surface area (Å²) in [7, 11) is 2.96. The lowest BCUT2D eigenvalue weighted by molar-refractivity contribution is -0.138. The summed E-state index contributed by atoms with van der Waals surface area (Å²) in [6.45, 7) is -0.210. The van der Waals surface area contributed by atoms with Crippen LogP contribution in [-0.2, 0) is 11.0 Å². The molecule has 0 radical (unpaired) electrons. The van der Waals surface area contributed by atoms with Crippen molar-refractivity contribution in [3.8, 4) is 11.5 Å². The number of carbonyl (C=O) groups excluding carboxylic acids is 1. The van der Waals surface area contributed by atoms with Crippen molar-refractivity contribution in [2.75, 3.05) is 31.4 Å². The summed E-state index contributed by atoms with van der Waals surface area (Å²) in [5.74, 6) is 0.558. The molecule has 0 aliphatic heterocycles. The number of halogens is 4. The lowest BCUT2D eigenvalue weighted by Gasteiger charge is -2.13.